The van der Waals surface area contributed by atoms with E-state index in [9.17, 15) is 0 Å². The van der Waals surface area contributed by atoms with Crippen LogP contribution in [0.4, 0.5) is 0 Å². The number of hydrogen-bond donors (Lipinski definition) is 0. The molecular formula is C13H38O5Si5. The van der Waals surface area contributed by atoms with Gasteiger partial charge in [-0.2, -0.15) is 0 Å². The van der Waals surface area contributed by atoms with Crippen LogP contribution in [-0.2, 0) is 20.9 Å². The van der Waals surface area contributed by atoms with Gasteiger partial charge >= 0.3 is 25.9 Å². The summed E-state index contributed by atoms with van der Waals surface area (Å²) in [5.41, 5.74) is 0. The zero-order chi connectivity index (χ0) is 18.7. The molecule has 0 aromatic carbocycles. The van der Waals surface area contributed by atoms with Crippen molar-refractivity contribution in [2.45, 2.75) is 78.9 Å². The average Bonchev–Trinajstić information content (AvgIpc) is 2.03. The van der Waals surface area contributed by atoms with Crippen molar-refractivity contribution in [1.82, 2.24) is 0 Å². The summed E-state index contributed by atoms with van der Waals surface area (Å²) in [6.07, 6.45) is 0. The van der Waals surface area contributed by atoms with E-state index in [-0.39, 0.29) is 0 Å². The van der Waals surface area contributed by atoms with Gasteiger partial charge in [-0.25, -0.2) is 0 Å². The molecule has 0 spiro atoms. The second-order valence-corrected chi connectivity index (χ2v) is 28.1. The Morgan fingerprint density at radius 3 is 1.04 bits per heavy atom. The highest BCUT2D eigenvalue weighted by atomic mass is 28.5. The molecule has 0 aliphatic carbocycles. The van der Waals surface area contributed by atoms with Crippen molar-refractivity contribution in [3.8, 4) is 0 Å². The lowest BCUT2D eigenvalue weighted by Gasteiger charge is -2.41. The number of hydrogen-bond acceptors (Lipinski definition) is 5. The Balaban J connectivity index is 5.19. The summed E-state index contributed by atoms with van der Waals surface area (Å²) in [4.78, 5) is 0. The third-order valence-electron chi connectivity index (χ3n) is 2.37. The molecule has 0 radical (unpaired) electrons. The molecule has 0 unspecified atom stereocenters. The van der Waals surface area contributed by atoms with Gasteiger partial charge in [-0.15, -0.1) is 0 Å². The summed E-state index contributed by atoms with van der Waals surface area (Å²) in [6, 6.07) is 0. The van der Waals surface area contributed by atoms with Gasteiger partial charge in [0.15, 0.2) is 16.6 Å². The van der Waals surface area contributed by atoms with Crippen LogP contribution in [-0.4, -0.2) is 49.2 Å². The van der Waals surface area contributed by atoms with Gasteiger partial charge in [0.25, 0.3) is 0 Å². The molecule has 0 heterocycles. The maximum Gasteiger partial charge on any atom is 0.479 e. The van der Waals surface area contributed by atoms with E-state index in [2.05, 4.69) is 65.5 Å². The quantitative estimate of drug-likeness (QED) is 0.483. The maximum absolute atomic E-state index is 6.41. The minimum atomic E-state index is -2.80. The third-order valence-corrected chi connectivity index (χ3v) is 18.9. The van der Waals surface area contributed by atoms with Gasteiger partial charge in [0.2, 0.25) is 0 Å². The molecular weight excluding hydrogens is 377 g/mol. The van der Waals surface area contributed by atoms with Crippen molar-refractivity contribution >= 4 is 42.6 Å². The number of rotatable bonds is 10. The minimum absolute atomic E-state index is 0.567. The summed E-state index contributed by atoms with van der Waals surface area (Å²) in [5.74, 6) is 0. The molecule has 0 N–H and O–H groups in total. The first-order valence-electron chi connectivity index (χ1n) is 8.33. The van der Waals surface area contributed by atoms with Gasteiger partial charge in [0.1, 0.15) is 0 Å². The van der Waals surface area contributed by atoms with Gasteiger partial charge in [0, 0.05) is 13.2 Å². The van der Waals surface area contributed by atoms with Crippen LogP contribution in [0.3, 0.4) is 0 Å². The first kappa shape index (κ1) is 23.9. The van der Waals surface area contributed by atoms with E-state index in [1.54, 1.807) is 0 Å². The monoisotopic (exact) mass is 414 g/mol. The van der Waals surface area contributed by atoms with E-state index in [1.165, 1.54) is 0 Å². The molecule has 0 fully saturated rings. The van der Waals surface area contributed by atoms with Crippen LogP contribution in [0.25, 0.3) is 0 Å². The van der Waals surface area contributed by atoms with Crippen LogP contribution < -0.4 is 0 Å². The molecule has 0 saturated heterocycles. The summed E-state index contributed by atoms with van der Waals surface area (Å²) in [6.45, 7) is 25.9. The Bertz CT molecular complexity index is 346. The summed E-state index contributed by atoms with van der Waals surface area (Å²) in [5, 5.41) is 0. The van der Waals surface area contributed by atoms with E-state index in [4.69, 9.17) is 20.9 Å². The largest absolute Gasteiger partial charge is 0.479 e. The summed E-state index contributed by atoms with van der Waals surface area (Å²) in [7, 11) is -10.8. The molecule has 0 aromatic heterocycles. The van der Waals surface area contributed by atoms with Crippen molar-refractivity contribution < 1.29 is 20.9 Å². The normalized spacial score (nSPS) is 15.1. The van der Waals surface area contributed by atoms with Gasteiger partial charge in [-0.05, 0) is 72.4 Å². The van der Waals surface area contributed by atoms with E-state index in [1.807, 2.05) is 13.5 Å². The smallest absolute Gasteiger partial charge is 0.437 e. The van der Waals surface area contributed by atoms with Crippen molar-refractivity contribution in [2.24, 2.45) is 0 Å². The van der Waals surface area contributed by atoms with Crippen molar-refractivity contribution in [2.75, 3.05) is 6.61 Å². The molecule has 0 aromatic rings. The minimum Gasteiger partial charge on any atom is -0.437 e. The summed E-state index contributed by atoms with van der Waals surface area (Å²) < 4.78 is 31.4. The van der Waals surface area contributed by atoms with Crippen LogP contribution in [0.2, 0.25) is 72.0 Å². The molecule has 0 saturated carbocycles. The molecule has 0 rings (SSSR count). The predicted octanol–water partition coefficient (Wildman–Crippen LogP) is 4.73. The molecule has 0 atom stereocenters. The van der Waals surface area contributed by atoms with Gasteiger partial charge in [-0.3, -0.25) is 0 Å². The third kappa shape index (κ3) is 12.0. The fourth-order valence-electron chi connectivity index (χ4n) is 2.75. The highest BCUT2D eigenvalue weighted by molar-refractivity contribution is 6.89. The van der Waals surface area contributed by atoms with E-state index < -0.39 is 42.6 Å². The Hall–Kier alpha value is 0.884. The fourth-order valence-corrected chi connectivity index (χ4v) is 24.3. The first-order chi connectivity index (χ1) is 9.89. The zero-order valence-electron chi connectivity index (χ0n) is 17.2. The molecule has 23 heavy (non-hydrogen) atoms. The molecule has 0 aliphatic heterocycles. The van der Waals surface area contributed by atoms with Crippen LogP contribution in [0, 0.1) is 0 Å². The molecule has 10 heteroatoms. The van der Waals surface area contributed by atoms with Crippen LogP contribution in [0.1, 0.15) is 6.92 Å². The highest BCUT2D eigenvalue weighted by Crippen LogP contribution is 2.26. The van der Waals surface area contributed by atoms with Gasteiger partial charge in [-0.1, -0.05) is 0 Å². The second-order valence-electron chi connectivity index (χ2n) is 8.73. The van der Waals surface area contributed by atoms with Crippen LogP contribution >= 0.6 is 0 Å². The SMILES string of the molecule is CCO[Si](C)(O[Si](C)(C)O[Si](C)(C)C)O[Si](C)(C)O[Si](C)(C)C. The molecule has 0 aliphatic rings. The topological polar surface area (TPSA) is 46.2 Å². The van der Waals surface area contributed by atoms with Crippen LogP contribution in [0.15, 0.2) is 0 Å². The Morgan fingerprint density at radius 1 is 0.522 bits per heavy atom. The maximum atomic E-state index is 6.41. The molecule has 0 bridgehead atoms. The Morgan fingerprint density at radius 2 is 0.826 bits per heavy atom. The van der Waals surface area contributed by atoms with E-state index >= 15 is 0 Å². The molecule has 140 valence electrons. The Labute approximate surface area is 149 Å². The van der Waals surface area contributed by atoms with Crippen molar-refractivity contribution in [3.63, 3.8) is 0 Å². The lowest BCUT2D eigenvalue weighted by molar-refractivity contribution is 0.152. The zero-order valence-corrected chi connectivity index (χ0v) is 22.2. The van der Waals surface area contributed by atoms with Gasteiger partial charge in [0.05, 0.1) is 0 Å². The van der Waals surface area contributed by atoms with Crippen LogP contribution in [0.5, 0.6) is 0 Å². The average molecular weight is 415 g/mol. The van der Waals surface area contributed by atoms with Crippen molar-refractivity contribution in [3.05, 3.63) is 0 Å². The van der Waals surface area contributed by atoms with E-state index in [0.717, 1.165) is 0 Å². The molecule has 0 amide bonds. The van der Waals surface area contributed by atoms with Gasteiger partial charge < -0.3 is 20.9 Å². The lowest BCUT2D eigenvalue weighted by atomic mass is 10.9. The highest BCUT2D eigenvalue weighted by Gasteiger charge is 2.49. The van der Waals surface area contributed by atoms with Crippen molar-refractivity contribution in [1.29, 1.82) is 0 Å². The standard InChI is InChI=1S/C13H38O5Si5/c1-13-14-23(12,17-21(8,9)15-19(2,3)4)18-22(10,11)16-20(5,6)7/h13H2,1-12H3. The van der Waals surface area contributed by atoms with E-state index in [0.29, 0.717) is 6.61 Å². The predicted molar refractivity (Wildman–Crippen MR) is 109 cm³/mol. The Kier molecular flexibility index (Phi) is 8.37. The fraction of sp³-hybridized carbons (Fsp3) is 1.00. The lowest BCUT2D eigenvalue weighted by Crippen LogP contribution is -2.60. The molecule has 5 nitrogen and oxygen atoms in total. The first-order valence-corrected chi connectivity index (χ1v) is 23.0. The summed E-state index contributed by atoms with van der Waals surface area (Å²) >= 11 is 0. The second kappa shape index (κ2) is 8.06.